The lowest BCUT2D eigenvalue weighted by molar-refractivity contribution is -0.385. The molecule has 0 unspecified atom stereocenters. The Morgan fingerprint density at radius 2 is 1.95 bits per heavy atom. The maximum Gasteiger partial charge on any atom is 0.272 e. The summed E-state index contributed by atoms with van der Waals surface area (Å²) in [5.41, 5.74) is 0.223. The molecule has 1 rings (SSSR count). The van der Waals surface area contributed by atoms with E-state index >= 15 is 0 Å². The lowest BCUT2D eigenvalue weighted by Crippen LogP contribution is -2.30. The molecule has 19 heavy (non-hydrogen) atoms. The van der Waals surface area contributed by atoms with Crippen LogP contribution in [0.5, 0.6) is 0 Å². The van der Waals surface area contributed by atoms with Crippen molar-refractivity contribution in [2.75, 3.05) is 20.1 Å². The van der Waals surface area contributed by atoms with Gasteiger partial charge in [0.2, 0.25) is 10.0 Å². The quantitative estimate of drug-likeness (QED) is 0.460. The number of sulfonamides is 1. The summed E-state index contributed by atoms with van der Waals surface area (Å²) < 4.78 is 26.1. The minimum Gasteiger partial charge on any atom is -0.318 e. The van der Waals surface area contributed by atoms with Gasteiger partial charge in [0.25, 0.3) is 5.69 Å². The predicted molar refractivity (Wildman–Crippen MR) is 74.2 cm³/mol. The van der Waals surface area contributed by atoms with E-state index in [0.29, 0.717) is 12.1 Å². The second-order valence-corrected chi connectivity index (χ2v) is 5.47. The second-order valence-electron chi connectivity index (χ2n) is 3.71. The zero-order valence-electron chi connectivity index (χ0n) is 10.5. The predicted octanol–water partition coefficient (Wildman–Crippen LogP) is 0.823. The third-order valence-electron chi connectivity index (χ3n) is 2.34. The van der Waals surface area contributed by atoms with Crippen LogP contribution in [0.2, 0.25) is 0 Å². The molecule has 0 heterocycles. The number of nitrogens with one attached hydrogen (secondary N) is 2. The Hall–Kier alpha value is -1.22. The molecule has 2 N–H and O–H groups in total. The molecule has 9 heteroatoms. The average Bonchev–Trinajstić information content (AvgIpc) is 2.28. The number of likely N-dealkylation sites (N-methyl/N-ethyl adjacent to an activating group) is 1. The number of nitro benzene ring substituents is 1. The fourth-order valence-corrected chi connectivity index (χ4v) is 2.51. The minimum absolute atomic E-state index is 0. The van der Waals surface area contributed by atoms with Crippen molar-refractivity contribution in [3.63, 3.8) is 0 Å². The normalized spacial score (nSPS) is 10.8. The SMILES string of the molecule is CNCCNS(=O)(=O)c1ccc([N+](=O)[O-])c(C)c1.Cl. The number of halogens is 1. The van der Waals surface area contributed by atoms with E-state index in [9.17, 15) is 18.5 Å². The van der Waals surface area contributed by atoms with Gasteiger partial charge in [-0.3, -0.25) is 10.1 Å². The molecule has 0 aliphatic carbocycles. The molecule has 0 fully saturated rings. The molecule has 7 nitrogen and oxygen atoms in total. The highest BCUT2D eigenvalue weighted by atomic mass is 35.5. The molecule has 108 valence electrons. The highest BCUT2D eigenvalue weighted by Crippen LogP contribution is 2.21. The van der Waals surface area contributed by atoms with E-state index in [1.165, 1.54) is 25.1 Å². The molecule has 0 aromatic heterocycles. The summed E-state index contributed by atoms with van der Waals surface area (Å²) in [7, 11) is -1.90. The van der Waals surface area contributed by atoms with E-state index in [4.69, 9.17) is 0 Å². The summed E-state index contributed by atoms with van der Waals surface area (Å²) in [6.07, 6.45) is 0. The van der Waals surface area contributed by atoms with E-state index in [1.54, 1.807) is 7.05 Å². The first-order valence-electron chi connectivity index (χ1n) is 5.28. The summed E-state index contributed by atoms with van der Waals surface area (Å²) in [5.74, 6) is 0. The summed E-state index contributed by atoms with van der Waals surface area (Å²) in [6.45, 7) is 2.27. The van der Waals surface area contributed by atoms with Crippen LogP contribution in [0.25, 0.3) is 0 Å². The monoisotopic (exact) mass is 309 g/mol. The summed E-state index contributed by atoms with van der Waals surface area (Å²) in [4.78, 5) is 10.1. The molecule has 0 aliphatic rings. The maximum atomic E-state index is 11.8. The Morgan fingerprint density at radius 3 is 2.42 bits per heavy atom. The van der Waals surface area contributed by atoms with Crippen molar-refractivity contribution in [3.8, 4) is 0 Å². The number of benzene rings is 1. The van der Waals surface area contributed by atoms with Crippen LogP contribution in [0.4, 0.5) is 5.69 Å². The van der Waals surface area contributed by atoms with E-state index in [1.807, 2.05) is 0 Å². The number of hydrogen-bond acceptors (Lipinski definition) is 5. The molecule has 0 saturated carbocycles. The smallest absolute Gasteiger partial charge is 0.272 e. The lowest BCUT2D eigenvalue weighted by Gasteiger charge is -2.07. The highest BCUT2D eigenvalue weighted by Gasteiger charge is 2.17. The zero-order valence-corrected chi connectivity index (χ0v) is 12.2. The van der Waals surface area contributed by atoms with Gasteiger partial charge >= 0.3 is 0 Å². The lowest BCUT2D eigenvalue weighted by atomic mass is 10.2. The number of nitrogens with zero attached hydrogens (tertiary/aromatic N) is 1. The van der Waals surface area contributed by atoms with Gasteiger partial charge in [-0.1, -0.05) is 0 Å². The molecular formula is C10H16ClN3O4S. The molecule has 0 radical (unpaired) electrons. The van der Waals surface area contributed by atoms with Crippen LogP contribution in [0.1, 0.15) is 5.56 Å². The van der Waals surface area contributed by atoms with Gasteiger partial charge in [-0.25, -0.2) is 13.1 Å². The van der Waals surface area contributed by atoms with Crippen LogP contribution < -0.4 is 10.0 Å². The van der Waals surface area contributed by atoms with Crippen molar-refractivity contribution in [2.24, 2.45) is 0 Å². The molecule has 1 aromatic carbocycles. The van der Waals surface area contributed by atoms with Crippen molar-refractivity contribution < 1.29 is 13.3 Å². The largest absolute Gasteiger partial charge is 0.318 e. The standard InChI is InChI=1S/C10H15N3O4S.ClH/c1-8-7-9(3-4-10(8)13(14)15)18(16,17)12-6-5-11-2;/h3-4,7,11-12H,5-6H2,1-2H3;1H. The van der Waals surface area contributed by atoms with Crippen LogP contribution in [0.15, 0.2) is 23.1 Å². The van der Waals surface area contributed by atoms with Crippen molar-refractivity contribution in [1.82, 2.24) is 10.0 Å². The van der Waals surface area contributed by atoms with Crippen molar-refractivity contribution in [1.29, 1.82) is 0 Å². The van der Waals surface area contributed by atoms with Gasteiger partial charge in [-0.2, -0.15) is 0 Å². The zero-order chi connectivity index (χ0) is 13.8. The Bertz CT molecular complexity index is 548. The Labute approximate surface area is 118 Å². The first-order valence-corrected chi connectivity index (χ1v) is 6.76. The number of aryl methyl sites for hydroxylation is 1. The molecule has 0 saturated heterocycles. The summed E-state index contributed by atoms with van der Waals surface area (Å²) >= 11 is 0. The number of hydrogen-bond donors (Lipinski definition) is 2. The van der Waals surface area contributed by atoms with E-state index in [2.05, 4.69) is 10.0 Å². The molecule has 0 spiro atoms. The van der Waals surface area contributed by atoms with E-state index in [0.717, 1.165) is 0 Å². The van der Waals surface area contributed by atoms with Crippen molar-refractivity contribution >= 4 is 28.1 Å². The van der Waals surface area contributed by atoms with Gasteiger partial charge in [0.1, 0.15) is 0 Å². The topological polar surface area (TPSA) is 101 Å². The Balaban J connectivity index is 0.00000324. The summed E-state index contributed by atoms with van der Waals surface area (Å²) in [6, 6.07) is 3.72. The molecule has 0 amide bonds. The van der Waals surface area contributed by atoms with Crippen molar-refractivity contribution in [3.05, 3.63) is 33.9 Å². The fourth-order valence-electron chi connectivity index (χ4n) is 1.39. The van der Waals surface area contributed by atoms with Gasteiger partial charge in [0.15, 0.2) is 0 Å². The summed E-state index contributed by atoms with van der Waals surface area (Å²) in [5, 5.41) is 13.4. The average molecular weight is 310 g/mol. The molecule has 0 bridgehead atoms. The number of nitro groups is 1. The van der Waals surface area contributed by atoms with Gasteiger partial charge in [0.05, 0.1) is 9.82 Å². The fraction of sp³-hybridized carbons (Fsp3) is 0.400. The third-order valence-corrected chi connectivity index (χ3v) is 3.80. The van der Waals surface area contributed by atoms with Crippen LogP contribution in [-0.4, -0.2) is 33.5 Å². The molecule has 0 atom stereocenters. The first kappa shape index (κ1) is 17.8. The Morgan fingerprint density at radius 1 is 1.32 bits per heavy atom. The van der Waals surface area contributed by atoms with Crippen LogP contribution in [0.3, 0.4) is 0 Å². The molecule has 0 aliphatic heterocycles. The van der Waals surface area contributed by atoms with Crippen molar-refractivity contribution in [2.45, 2.75) is 11.8 Å². The van der Waals surface area contributed by atoms with E-state index in [-0.39, 0.29) is 29.5 Å². The third kappa shape index (κ3) is 4.75. The van der Waals surface area contributed by atoms with Gasteiger partial charge in [0, 0.05) is 24.7 Å². The van der Waals surface area contributed by atoms with Crippen LogP contribution in [0, 0.1) is 17.0 Å². The van der Waals surface area contributed by atoms with Gasteiger partial charge < -0.3 is 5.32 Å². The molecular weight excluding hydrogens is 294 g/mol. The number of rotatable bonds is 6. The Kier molecular flexibility index (Phi) is 6.91. The maximum absolute atomic E-state index is 11.8. The minimum atomic E-state index is -3.61. The van der Waals surface area contributed by atoms with Crippen LogP contribution in [-0.2, 0) is 10.0 Å². The van der Waals surface area contributed by atoms with Gasteiger partial charge in [-0.05, 0) is 26.1 Å². The second kappa shape index (κ2) is 7.39. The first-order chi connectivity index (χ1) is 8.38. The van der Waals surface area contributed by atoms with E-state index < -0.39 is 14.9 Å². The van der Waals surface area contributed by atoms with Crippen LogP contribution >= 0.6 is 12.4 Å². The van der Waals surface area contributed by atoms with Gasteiger partial charge in [-0.15, -0.1) is 12.4 Å². The molecule has 1 aromatic rings. The highest BCUT2D eigenvalue weighted by molar-refractivity contribution is 7.89.